The molecule has 0 aliphatic heterocycles. The quantitative estimate of drug-likeness (QED) is 0.634. The van der Waals surface area contributed by atoms with E-state index in [4.69, 9.17) is 10.5 Å². The Morgan fingerprint density at radius 3 is 2.53 bits per heavy atom. The van der Waals surface area contributed by atoms with E-state index in [1.165, 1.54) is 29.9 Å². The number of unbranched alkanes of at least 4 members (excludes halogenated alkanes) is 1. The molecule has 0 aliphatic rings. The number of ether oxygens (including phenoxy) is 2. The zero-order valence-corrected chi connectivity index (χ0v) is 16.9. The summed E-state index contributed by atoms with van der Waals surface area (Å²) in [5.41, 5.74) is 4.51. The third kappa shape index (κ3) is 4.78. The van der Waals surface area contributed by atoms with Gasteiger partial charge in [-0.05, 0) is 31.5 Å². The minimum atomic E-state index is -3.06. The zero-order valence-electron chi connectivity index (χ0n) is 16.9. The Morgan fingerprint density at radius 2 is 1.97 bits per heavy atom. The first kappa shape index (κ1) is 22.9. The van der Waals surface area contributed by atoms with Crippen molar-refractivity contribution in [1.29, 1.82) is 0 Å². The summed E-state index contributed by atoms with van der Waals surface area (Å²) in [5, 5.41) is 0. The predicted octanol–water partition coefficient (Wildman–Crippen LogP) is 2.20. The van der Waals surface area contributed by atoms with Crippen LogP contribution in [0.1, 0.15) is 37.0 Å². The third-order valence-corrected chi connectivity index (χ3v) is 4.41. The molecule has 1 aromatic carbocycles. The monoisotopic (exact) mass is 426 g/mol. The molecule has 1 amide bonds. The molecule has 11 heteroatoms. The molecule has 164 valence electrons. The fourth-order valence-corrected chi connectivity index (χ4v) is 2.93. The molecule has 0 unspecified atom stereocenters. The number of carbonyl (C=O) groups excluding carboxylic acids is 1. The van der Waals surface area contributed by atoms with Crippen molar-refractivity contribution in [2.24, 2.45) is 0 Å². The standard InChI is InChI=1S/C19H24F2N4O5/c1-4-6-9-25-15(22)14(16(26)23-19(25)28)24(5-2)17(27)11-7-8-12(30-18(20)21)13(10-11)29-3/h7-8,10,18H,4-6,9,22H2,1-3H3,(H,23,26,28). The molecular weight excluding hydrogens is 402 g/mol. The fraction of sp³-hybridized carbons (Fsp3) is 0.421. The average Bonchev–Trinajstić information content (AvgIpc) is 2.70. The molecule has 3 N–H and O–H groups in total. The number of anilines is 2. The van der Waals surface area contributed by atoms with Crippen LogP contribution in [-0.4, -0.2) is 35.7 Å². The molecule has 2 aromatic rings. The number of hydrogen-bond donors (Lipinski definition) is 2. The Morgan fingerprint density at radius 1 is 1.27 bits per heavy atom. The van der Waals surface area contributed by atoms with Gasteiger partial charge < -0.3 is 20.1 Å². The first-order chi connectivity index (χ1) is 14.2. The minimum Gasteiger partial charge on any atom is -0.493 e. The lowest BCUT2D eigenvalue weighted by atomic mass is 10.1. The topological polar surface area (TPSA) is 120 Å². The van der Waals surface area contributed by atoms with Crippen LogP contribution in [0.25, 0.3) is 0 Å². The van der Waals surface area contributed by atoms with Crippen LogP contribution in [0.5, 0.6) is 11.5 Å². The molecule has 0 fully saturated rings. The molecule has 0 radical (unpaired) electrons. The maximum atomic E-state index is 13.1. The van der Waals surface area contributed by atoms with Crippen molar-refractivity contribution in [3.63, 3.8) is 0 Å². The molecular formula is C19H24F2N4O5. The van der Waals surface area contributed by atoms with Gasteiger partial charge >= 0.3 is 12.3 Å². The number of nitrogens with one attached hydrogen (secondary N) is 1. The lowest BCUT2D eigenvalue weighted by Crippen LogP contribution is -2.41. The molecule has 0 spiro atoms. The number of carbonyl (C=O) groups is 1. The first-order valence-corrected chi connectivity index (χ1v) is 9.32. The molecule has 1 heterocycles. The highest BCUT2D eigenvalue weighted by Crippen LogP contribution is 2.30. The lowest BCUT2D eigenvalue weighted by molar-refractivity contribution is -0.0512. The summed E-state index contributed by atoms with van der Waals surface area (Å²) < 4.78 is 35.6. The maximum absolute atomic E-state index is 13.1. The maximum Gasteiger partial charge on any atom is 0.387 e. The van der Waals surface area contributed by atoms with Crippen LogP contribution in [0.15, 0.2) is 27.8 Å². The summed E-state index contributed by atoms with van der Waals surface area (Å²) in [7, 11) is 1.24. The Kier molecular flexibility index (Phi) is 7.56. The number of amides is 1. The van der Waals surface area contributed by atoms with Crippen LogP contribution < -0.4 is 31.4 Å². The number of nitrogen functional groups attached to an aromatic ring is 1. The number of benzene rings is 1. The second-order valence-corrected chi connectivity index (χ2v) is 6.29. The number of nitrogens with two attached hydrogens (primary N) is 1. The van der Waals surface area contributed by atoms with Gasteiger partial charge in [0.15, 0.2) is 17.2 Å². The number of rotatable bonds is 9. The third-order valence-electron chi connectivity index (χ3n) is 4.41. The second kappa shape index (κ2) is 9.90. The summed E-state index contributed by atoms with van der Waals surface area (Å²) in [5.74, 6) is -1.07. The molecule has 1 aromatic heterocycles. The molecule has 0 saturated heterocycles. The molecule has 9 nitrogen and oxygen atoms in total. The number of methoxy groups -OCH3 is 1. The normalized spacial score (nSPS) is 10.9. The smallest absolute Gasteiger partial charge is 0.387 e. The number of H-pyrrole nitrogens is 1. The summed E-state index contributed by atoms with van der Waals surface area (Å²) in [6.45, 7) is 0.851. The van der Waals surface area contributed by atoms with Crippen molar-refractivity contribution in [2.45, 2.75) is 39.8 Å². The zero-order chi connectivity index (χ0) is 22.4. The van der Waals surface area contributed by atoms with E-state index in [1.807, 2.05) is 6.92 Å². The van der Waals surface area contributed by atoms with Crippen LogP contribution in [-0.2, 0) is 6.54 Å². The van der Waals surface area contributed by atoms with E-state index in [0.29, 0.717) is 6.42 Å². The highest BCUT2D eigenvalue weighted by Gasteiger charge is 2.25. The van der Waals surface area contributed by atoms with Gasteiger partial charge in [-0.3, -0.25) is 19.1 Å². The van der Waals surface area contributed by atoms with E-state index in [-0.39, 0.29) is 41.7 Å². The van der Waals surface area contributed by atoms with Crippen molar-refractivity contribution in [1.82, 2.24) is 9.55 Å². The van der Waals surface area contributed by atoms with E-state index in [2.05, 4.69) is 9.72 Å². The number of nitrogens with zero attached hydrogens (tertiary/aromatic N) is 2. The van der Waals surface area contributed by atoms with E-state index in [1.54, 1.807) is 6.92 Å². The van der Waals surface area contributed by atoms with Gasteiger partial charge in [-0.25, -0.2) is 4.79 Å². The Balaban J connectivity index is 2.51. The molecule has 0 aliphatic carbocycles. The van der Waals surface area contributed by atoms with Gasteiger partial charge in [-0.15, -0.1) is 0 Å². The average molecular weight is 426 g/mol. The van der Waals surface area contributed by atoms with E-state index in [9.17, 15) is 23.2 Å². The van der Waals surface area contributed by atoms with E-state index in [0.717, 1.165) is 11.3 Å². The molecule has 30 heavy (non-hydrogen) atoms. The van der Waals surface area contributed by atoms with E-state index >= 15 is 0 Å². The number of aromatic nitrogens is 2. The van der Waals surface area contributed by atoms with Crippen LogP contribution >= 0.6 is 0 Å². The van der Waals surface area contributed by atoms with Crippen molar-refractivity contribution in [2.75, 3.05) is 24.3 Å². The number of alkyl halides is 2. The SMILES string of the molecule is CCCCn1c(N)c(N(CC)C(=O)c2ccc(OC(F)F)c(OC)c2)c(=O)[nH]c1=O. The summed E-state index contributed by atoms with van der Waals surface area (Å²) in [6, 6.07) is 3.66. The molecule has 0 atom stereocenters. The Bertz CT molecular complexity index is 1020. The van der Waals surface area contributed by atoms with E-state index < -0.39 is 23.8 Å². The lowest BCUT2D eigenvalue weighted by Gasteiger charge is -2.23. The fourth-order valence-electron chi connectivity index (χ4n) is 2.93. The van der Waals surface area contributed by atoms with Crippen LogP contribution in [0.3, 0.4) is 0 Å². The van der Waals surface area contributed by atoms with Crippen molar-refractivity contribution >= 4 is 17.4 Å². The van der Waals surface area contributed by atoms with Gasteiger partial charge in [0.1, 0.15) is 5.82 Å². The van der Waals surface area contributed by atoms with Crippen LogP contribution in [0, 0.1) is 0 Å². The van der Waals surface area contributed by atoms with Gasteiger partial charge in [0.2, 0.25) is 0 Å². The first-order valence-electron chi connectivity index (χ1n) is 9.32. The molecule has 0 saturated carbocycles. The van der Waals surface area contributed by atoms with Gasteiger partial charge in [0.25, 0.3) is 11.5 Å². The van der Waals surface area contributed by atoms with Crippen molar-refractivity contribution < 1.29 is 23.0 Å². The predicted molar refractivity (Wildman–Crippen MR) is 108 cm³/mol. The van der Waals surface area contributed by atoms with Gasteiger partial charge in [0.05, 0.1) is 7.11 Å². The molecule has 0 bridgehead atoms. The van der Waals surface area contributed by atoms with Gasteiger partial charge in [-0.2, -0.15) is 8.78 Å². The highest BCUT2D eigenvalue weighted by molar-refractivity contribution is 6.07. The van der Waals surface area contributed by atoms with Gasteiger partial charge in [-0.1, -0.05) is 13.3 Å². The number of aromatic amines is 1. The summed E-state index contributed by atoms with van der Waals surface area (Å²) in [6.07, 6.45) is 1.45. The summed E-state index contributed by atoms with van der Waals surface area (Å²) in [4.78, 5) is 40.9. The number of halogens is 2. The van der Waals surface area contributed by atoms with Crippen LogP contribution in [0.4, 0.5) is 20.3 Å². The van der Waals surface area contributed by atoms with Crippen molar-refractivity contribution in [3.8, 4) is 11.5 Å². The highest BCUT2D eigenvalue weighted by atomic mass is 19.3. The minimum absolute atomic E-state index is 0.0559. The van der Waals surface area contributed by atoms with Gasteiger partial charge in [0, 0.05) is 18.7 Å². The van der Waals surface area contributed by atoms with Crippen molar-refractivity contribution in [3.05, 3.63) is 44.6 Å². The second-order valence-electron chi connectivity index (χ2n) is 6.29. The number of hydrogen-bond acceptors (Lipinski definition) is 6. The molecule has 2 rings (SSSR count). The Labute approximate surface area is 171 Å². The van der Waals surface area contributed by atoms with Crippen LogP contribution in [0.2, 0.25) is 0 Å². The Hall–Kier alpha value is -3.37. The largest absolute Gasteiger partial charge is 0.493 e. The summed E-state index contributed by atoms with van der Waals surface area (Å²) >= 11 is 0.